The number of primary amides is 1. The number of hydrogen-bond donors (Lipinski definition) is 2. The first kappa shape index (κ1) is 10.6. The van der Waals surface area contributed by atoms with Crippen molar-refractivity contribution in [2.24, 2.45) is 11.5 Å². The normalized spacial score (nSPS) is 12.5. The Bertz CT molecular complexity index is 355. The van der Waals surface area contributed by atoms with Crippen LogP contribution in [-0.4, -0.2) is 5.91 Å². The van der Waals surface area contributed by atoms with E-state index < -0.39 is 23.6 Å². The molecule has 0 radical (unpaired) electrons. The summed E-state index contributed by atoms with van der Waals surface area (Å²) in [4.78, 5) is 10.5. The molecule has 0 bridgehead atoms. The Morgan fingerprint density at radius 3 is 2.57 bits per heavy atom. The monoisotopic (exact) mass is 200 g/mol. The fourth-order valence-electron chi connectivity index (χ4n) is 1.13. The van der Waals surface area contributed by atoms with Crippen LogP contribution < -0.4 is 11.5 Å². The molecule has 0 spiro atoms. The van der Waals surface area contributed by atoms with E-state index in [9.17, 15) is 13.6 Å². The van der Waals surface area contributed by atoms with E-state index in [0.29, 0.717) is 0 Å². The van der Waals surface area contributed by atoms with Gasteiger partial charge in [0.15, 0.2) is 0 Å². The highest BCUT2D eigenvalue weighted by Crippen LogP contribution is 2.18. The van der Waals surface area contributed by atoms with Gasteiger partial charge in [0, 0.05) is 24.1 Å². The molecule has 1 aromatic rings. The number of amides is 1. The zero-order valence-corrected chi connectivity index (χ0v) is 7.34. The average molecular weight is 200 g/mol. The van der Waals surface area contributed by atoms with Crippen molar-refractivity contribution in [3.63, 3.8) is 0 Å². The van der Waals surface area contributed by atoms with Crippen LogP contribution in [0.2, 0.25) is 0 Å². The lowest BCUT2D eigenvalue weighted by Crippen LogP contribution is -2.21. The summed E-state index contributed by atoms with van der Waals surface area (Å²) in [6, 6.07) is 2.18. The SMILES string of the molecule is NC(=O)C[C@@H](N)c1ccc(F)cc1F. The highest BCUT2D eigenvalue weighted by molar-refractivity contribution is 5.74. The minimum Gasteiger partial charge on any atom is -0.370 e. The molecular formula is C9H10F2N2O. The second kappa shape index (κ2) is 4.15. The molecule has 1 amide bonds. The van der Waals surface area contributed by atoms with Crippen LogP contribution in [0, 0.1) is 11.6 Å². The van der Waals surface area contributed by atoms with Crippen molar-refractivity contribution in [3.05, 3.63) is 35.4 Å². The molecular weight excluding hydrogens is 190 g/mol. The number of halogens is 2. The number of carbonyl (C=O) groups is 1. The Kier molecular flexibility index (Phi) is 3.14. The zero-order chi connectivity index (χ0) is 10.7. The molecule has 14 heavy (non-hydrogen) atoms. The van der Waals surface area contributed by atoms with Crippen LogP contribution in [0.3, 0.4) is 0 Å². The topological polar surface area (TPSA) is 69.1 Å². The Morgan fingerprint density at radius 1 is 1.43 bits per heavy atom. The van der Waals surface area contributed by atoms with Crippen molar-refractivity contribution in [1.82, 2.24) is 0 Å². The van der Waals surface area contributed by atoms with Crippen LogP contribution in [-0.2, 0) is 4.79 Å². The van der Waals surface area contributed by atoms with E-state index in [4.69, 9.17) is 11.5 Å². The fourth-order valence-corrected chi connectivity index (χ4v) is 1.13. The lowest BCUT2D eigenvalue weighted by atomic mass is 10.0. The van der Waals surface area contributed by atoms with Crippen molar-refractivity contribution < 1.29 is 13.6 Å². The molecule has 0 saturated carbocycles. The van der Waals surface area contributed by atoms with E-state index in [1.807, 2.05) is 0 Å². The molecule has 0 aliphatic carbocycles. The maximum atomic E-state index is 13.1. The van der Waals surface area contributed by atoms with E-state index in [1.165, 1.54) is 6.07 Å². The highest BCUT2D eigenvalue weighted by Gasteiger charge is 2.13. The molecule has 0 fully saturated rings. The van der Waals surface area contributed by atoms with Gasteiger partial charge in [0.05, 0.1) is 0 Å². The lowest BCUT2D eigenvalue weighted by molar-refractivity contribution is -0.118. The van der Waals surface area contributed by atoms with Gasteiger partial charge in [0.1, 0.15) is 11.6 Å². The third-order valence-electron chi connectivity index (χ3n) is 1.78. The average Bonchev–Trinajstić information content (AvgIpc) is 2.01. The summed E-state index contributed by atoms with van der Waals surface area (Å²) in [5.74, 6) is -2.07. The van der Waals surface area contributed by atoms with Crippen molar-refractivity contribution in [2.45, 2.75) is 12.5 Å². The molecule has 76 valence electrons. The van der Waals surface area contributed by atoms with E-state index in [0.717, 1.165) is 12.1 Å². The second-order valence-electron chi connectivity index (χ2n) is 2.94. The quantitative estimate of drug-likeness (QED) is 0.759. The summed E-state index contributed by atoms with van der Waals surface area (Å²) in [5.41, 5.74) is 10.5. The minimum absolute atomic E-state index is 0.0881. The van der Waals surface area contributed by atoms with Gasteiger partial charge < -0.3 is 11.5 Å². The largest absolute Gasteiger partial charge is 0.370 e. The molecule has 0 aliphatic rings. The van der Waals surface area contributed by atoms with Gasteiger partial charge in [-0.05, 0) is 6.07 Å². The van der Waals surface area contributed by atoms with Crippen LogP contribution in [0.5, 0.6) is 0 Å². The summed E-state index contributed by atoms with van der Waals surface area (Å²) < 4.78 is 25.6. The van der Waals surface area contributed by atoms with Gasteiger partial charge in [0.25, 0.3) is 0 Å². The number of hydrogen-bond acceptors (Lipinski definition) is 2. The first-order valence-electron chi connectivity index (χ1n) is 3.99. The van der Waals surface area contributed by atoms with Gasteiger partial charge in [-0.1, -0.05) is 6.07 Å². The first-order valence-corrected chi connectivity index (χ1v) is 3.99. The first-order chi connectivity index (χ1) is 6.50. The van der Waals surface area contributed by atoms with Crippen LogP contribution in [0.4, 0.5) is 8.78 Å². The molecule has 1 rings (SSSR count). The molecule has 0 aromatic heterocycles. The van der Waals surface area contributed by atoms with E-state index >= 15 is 0 Å². The summed E-state index contributed by atoms with van der Waals surface area (Å²) in [5, 5.41) is 0. The van der Waals surface area contributed by atoms with Gasteiger partial charge in [-0.2, -0.15) is 0 Å². The van der Waals surface area contributed by atoms with Gasteiger partial charge in [-0.25, -0.2) is 8.78 Å². The zero-order valence-electron chi connectivity index (χ0n) is 7.34. The van der Waals surface area contributed by atoms with Crippen LogP contribution in [0.1, 0.15) is 18.0 Å². The van der Waals surface area contributed by atoms with Crippen molar-refractivity contribution in [3.8, 4) is 0 Å². The van der Waals surface area contributed by atoms with Gasteiger partial charge in [0.2, 0.25) is 5.91 Å². The predicted molar refractivity (Wildman–Crippen MR) is 47.1 cm³/mol. The molecule has 5 heteroatoms. The molecule has 1 aromatic carbocycles. The number of nitrogens with two attached hydrogens (primary N) is 2. The van der Waals surface area contributed by atoms with Crippen molar-refractivity contribution >= 4 is 5.91 Å². The molecule has 3 nitrogen and oxygen atoms in total. The maximum absolute atomic E-state index is 13.1. The minimum atomic E-state index is -0.826. The van der Waals surface area contributed by atoms with Gasteiger partial charge in [-0.3, -0.25) is 4.79 Å². The Labute approximate surface area is 79.7 Å². The number of rotatable bonds is 3. The summed E-state index contributed by atoms with van der Waals surface area (Å²) in [6.07, 6.45) is -0.164. The standard InChI is InChI=1S/C9H10F2N2O/c10-5-1-2-6(7(11)3-5)8(12)4-9(13)14/h1-3,8H,4,12H2,(H2,13,14)/t8-/m1/s1. The fraction of sp³-hybridized carbons (Fsp3) is 0.222. The van der Waals surface area contributed by atoms with Crippen LogP contribution in [0.15, 0.2) is 18.2 Å². The third-order valence-corrected chi connectivity index (χ3v) is 1.78. The maximum Gasteiger partial charge on any atom is 0.219 e. The van der Waals surface area contributed by atoms with Gasteiger partial charge in [-0.15, -0.1) is 0 Å². The van der Waals surface area contributed by atoms with Crippen LogP contribution in [0.25, 0.3) is 0 Å². The van der Waals surface area contributed by atoms with Crippen LogP contribution >= 0.6 is 0 Å². The lowest BCUT2D eigenvalue weighted by Gasteiger charge is -2.10. The number of carbonyl (C=O) groups excluding carboxylic acids is 1. The Hall–Kier alpha value is -1.49. The number of benzene rings is 1. The summed E-state index contributed by atoms with van der Waals surface area (Å²) >= 11 is 0. The van der Waals surface area contributed by atoms with Crippen molar-refractivity contribution in [2.75, 3.05) is 0 Å². The van der Waals surface area contributed by atoms with Gasteiger partial charge >= 0.3 is 0 Å². The molecule has 1 atom stereocenters. The molecule has 0 saturated heterocycles. The smallest absolute Gasteiger partial charge is 0.219 e. The van der Waals surface area contributed by atoms with E-state index in [2.05, 4.69) is 0 Å². The highest BCUT2D eigenvalue weighted by atomic mass is 19.1. The second-order valence-corrected chi connectivity index (χ2v) is 2.94. The van der Waals surface area contributed by atoms with E-state index in [1.54, 1.807) is 0 Å². The predicted octanol–water partition coefficient (Wildman–Crippen LogP) is 0.840. The molecule has 4 N–H and O–H groups in total. The summed E-state index contributed by atoms with van der Waals surface area (Å²) in [6.45, 7) is 0. The molecule has 0 aliphatic heterocycles. The third kappa shape index (κ3) is 2.50. The summed E-state index contributed by atoms with van der Waals surface area (Å²) in [7, 11) is 0. The molecule has 0 heterocycles. The van der Waals surface area contributed by atoms with E-state index in [-0.39, 0.29) is 12.0 Å². The molecule has 0 unspecified atom stereocenters. The Morgan fingerprint density at radius 2 is 2.07 bits per heavy atom. The Balaban J connectivity index is 2.90. The van der Waals surface area contributed by atoms with Crippen molar-refractivity contribution in [1.29, 1.82) is 0 Å².